The number of fused-ring (bicyclic) bond motifs is 1. The molecule has 142 valence electrons. The van der Waals surface area contributed by atoms with E-state index in [4.69, 9.17) is 33.4 Å². The molecule has 0 spiro atoms. The summed E-state index contributed by atoms with van der Waals surface area (Å²) in [5, 5.41) is 19.7. The van der Waals surface area contributed by atoms with Crippen molar-refractivity contribution in [2.24, 2.45) is 5.92 Å². The number of carboxylic acid groups (broad SMARTS) is 2. The minimum absolute atomic E-state index is 0.0234. The van der Waals surface area contributed by atoms with Gasteiger partial charge in [0.05, 0.1) is 10.0 Å². The van der Waals surface area contributed by atoms with Crippen LogP contribution in [0.1, 0.15) is 18.4 Å². The molecule has 2 aliphatic rings. The molecule has 0 aromatic heterocycles. The van der Waals surface area contributed by atoms with Gasteiger partial charge in [-0.3, -0.25) is 0 Å². The predicted molar refractivity (Wildman–Crippen MR) is 93.1 cm³/mol. The summed E-state index contributed by atoms with van der Waals surface area (Å²) >= 11 is 11.9. The molecule has 1 aromatic carbocycles. The van der Waals surface area contributed by atoms with Crippen molar-refractivity contribution in [1.29, 1.82) is 0 Å². The van der Waals surface area contributed by atoms with Gasteiger partial charge in [-0.2, -0.15) is 0 Å². The average molecular weight is 408 g/mol. The van der Waals surface area contributed by atoms with Gasteiger partial charge in [-0.25, -0.2) is 18.4 Å². The van der Waals surface area contributed by atoms with Crippen molar-refractivity contribution in [1.82, 2.24) is 5.32 Å². The second kappa shape index (κ2) is 7.90. The molecule has 5 nitrogen and oxygen atoms in total. The summed E-state index contributed by atoms with van der Waals surface area (Å²) in [6.07, 6.45) is 0.973. The van der Waals surface area contributed by atoms with Gasteiger partial charge in [-0.1, -0.05) is 29.3 Å². The van der Waals surface area contributed by atoms with Crippen LogP contribution in [0.3, 0.4) is 0 Å². The van der Waals surface area contributed by atoms with Gasteiger partial charge >= 0.3 is 11.9 Å². The van der Waals surface area contributed by atoms with Gasteiger partial charge < -0.3 is 15.5 Å². The Morgan fingerprint density at radius 2 is 1.77 bits per heavy atom. The lowest BCUT2D eigenvalue weighted by Gasteiger charge is -2.29. The van der Waals surface area contributed by atoms with E-state index in [0.29, 0.717) is 35.3 Å². The molecular formula is C17H17Cl2F2NO4. The average Bonchev–Trinajstić information content (AvgIpc) is 3.01. The molecule has 1 saturated carbocycles. The van der Waals surface area contributed by atoms with Crippen LogP contribution in [-0.2, 0) is 15.0 Å². The first kappa shape index (κ1) is 20.6. The third-order valence-corrected chi connectivity index (χ3v) is 5.33. The van der Waals surface area contributed by atoms with Crippen LogP contribution in [0.5, 0.6) is 0 Å². The van der Waals surface area contributed by atoms with Gasteiger partial charge in [0.25, 0.3) is 0 Å². The summed E-state index contributed by atoms with van der Waals surface area (Å²) in [7, 11) is 0. The number of hydrogen-bond donors (Lipinski definition) is 3. The molecule has 0 radical (unpaired) electrons. The normalized spacial score (nSPS) is 26.2. The molecular weight excluding hydrogens is 391 g/mol. The molecule has 2 fully saturated rings. The van der Waals surface area contributed by atoms with Crippen LogP contribution in [0.4, 0.5) is 8.78 Å². The molecule has 9 heteroatoms. The number of alkyl halides is 2. The predicted octanol–water partition coefficient (Wildman–Crippen LogP) is 3.59. The molecule has 1 saturated heterocycles. The van der Waals surface area contributed by atoms with Crippen molar-refractivity contribution >= 4 is 35.1 Å². The van der Waals surface area contributed by atoms with Crippen LogP contribution in [0.2, 0.25) is 10.0 Å². The van der Waals surface area contributed by atoms with E-state index in [1.165, 1.54) is 0 Å². The molecule has 2 atom stereocenters. The Kier molecular flexibility index (Phi) is 6.26. The summed E-state index contributed by atoms with van der Waals surface area (Å²) in [4.78, 5) is 19.1. The lowest BCUT2D eigenvalue weighted by atomic mass is 9.74. The zero-order chi connectivity index (χ0) is 19.5. The Morgan fingerprint density at radius 3 is 2.31 bits per heavy atom. The Labute approximate surface area is 158 Å². The molecule has 26 heavy (non-hydrogen) atoms. The minimum Gasteiger partial charge on any atom is -0.478 e. The number of halogens is 4. The van der Waals surface area contributed by atoms with Crippen molar-refractivity contribution in [2.45, 2.75) is 24.2 Å². The number of hydrogen-bond acceptors (Lipinski definition) is 3. The van der Waals surface area contributed by atoms with Gasteiger partial charge in [0.2, 0.25) is 5.92 Å². The van der Waals surface area contributed by atoms with Crippen molar-refractivity contribution in [3.63, 3.8) is 0 Å². The highest BCUT2D eigenvalue weighted by Gasteiger charge is 2.58. The van der Waals surface area contributed by atoms with Crippen molar-refractivity contribution in [3.05, 3.63) is 46.0 Å². The molecule has 0 amide bonds. The Morgan fingerprint density at radius 1 is 1.15 bits per heavy atom. The summed E-state index contributed by atoms with van der Waals surface area (Å²) in [6.45, 7) is 1.24. The van der Waals surface area contributed by atoms with Gasteiger partial charge in [0, 0.05) is 37.0 Å². The van der Waals surface area contributed by atoms with E-state index in [2.05, 4.69) is 5.32 Å². The Hall–Kier alpha value is -1.70. The molecule has 1 aromatic rings. The second-order valence-electron chi connectivity index (χ2n) is 6.36. The van der Waals surface area contributed by atoms with Crippen molar-refractivity contribution < 1.29 is 28.6 Å². The van der Waals surface area contributed by atoms with E-state index < -0.39 is 23.3 Å². The molecule has 3 N–H and O–H groups in total. The Balaban J connectivity index is 0.000000260. The lowest BCUT2D eigenvalue weighted by Crippen LogP contribution is -2.32. The summed E-state index contributed by atoms with van der Waals surface area (Å²) in [5.74, 6) is -5.11. The van der Waals surface area contributed by atoms with E-state index in [-0.39, 0.29) is 18.8 Å². The second-order valence-corrected chi connectivity index (χ2v) is 7.17. The number of rotatable bonds is 3. The summed E-state index contributed by atoms with van der Waals surface area (Å²) in [5.41, 5.74) is 0.390. The van der Waals surface area contributed by atoms with E-state index >= 15 is 0 Å². The number of aliphatic carboxylic acids is 2. The Bertz CT molecular complexity index is 725. The number of carboxylic acids is 2. The van der Waals surface area contributed by atoms with Crippen LogP contribution in [-0.4, -0.2) is 41.2 Å². The molecule has 0 bridgehead atoms. The van der Waals surface area contributed by atoms with Crippen LogP contribution >= 0.6 is 23.2 Å². The molecule has 3 rings (SSSR count). The van der Waals surface area contributed by atoms with E-state index in [1.54, 1.807) is 12.1 Å². The molecule has 0 unspecified atom stereocenters. The van der Waals surface area contributed by atoms with E-state index in [0.717, 1.165) is 5.56 Å². The SMILES string of the molecule is FC1(F)C[C@@H]2CNC[C@]2(c2ccc(Cl)c(Cl)c2)C1.O=C(O)/C=C/C(=O)O. The molecule has 1 aliphatic heterocycles. The maximum absolute atomic E-state index is 13.7. The van der Waals surface area contributed by atoms with Crippen LogP contribution < -0.4 is 5.32 Å². The highest BCUT2D eigenvalue weighted by atomic mass is 35.5. The van der Waals surface area contributed by atoms with Gasteiger partial charge in [-0.15, -0.1) is 0 Å². The highest BCUT2D eigenvalue weighted by molar-refractivity contribution is 6.42. The number of nitrogens with one attached hydrogen (secondary N) is 1. The van der Waals surface area contributed by atoms with Gasteiger partial charge in [0.1, 0.15) is 0 Å². The van der Waals surface area contributed by atoms with Crippen molar-refractivity contribution in [3.8, 4) is 0 Å². The quantitative estimate of drug-likeness (QED) is 0.666. The van der Waals surface area contributed by atoms with Crippen LogP contribution in [0.25, 0.3) is 0 Å². The van der Waals surface area contributed by atoms with Crippen LogP contribution in [0.15, 0.2) is 30.4 Å². The topological polar surface area (TPSA) is 86.6 Å². The van der Waals surface area contributed by atoms with Crippen LogP contribution in [0, 0.1) is 5.92 Å². The van der Waals surface area contributed by atoms with Gasteiger partial charge in [0.15, 0.2) is 0 Å². The maximum Gasteiger partial charge on any atom is 0.328 e. The number of carbonyl (C=O) groups is 2. The monoisotopic (exact) mass is 407 g/mol. The van der Waals surface area contributed by atoms with Crippen molar-refractivity contribution in [2.75, 3.05) is 13.1 Å². The minimum atomic E-state index is -2.57. The summed E-state index contributed by atoms with van der Waals surface area (Å²) < 4.78 is 27.4. The zero-order valence-electron chi connectivity index (χ0n) is 13.5. The summed E-state index contributed by atoms with van der Waals surface area (Å²) in [6, 6.07) is 5.26. The first-order chi connectivity index (χ1) is 12.1. The third kappa shape index (κ3) is 4.72. The first-order valence-electron chi connectivity index (χ1n) is 7.74. The first-order valence-corrected chi connectivity index (χ1v) is 8.49. The standard InChI is InChI=1S/C13H13Cl2F2N.C4H4O4/c14-10-2-1-8(3-11(10)15)12-6-13(16,17)4-9(12)5-18-7-12;5-3(6)1-2-4(7)8/h1-3,9,18H,4-7H2;1-2H,(H,5,6)(H,7,8)/b;2-1+/t9-,12+;/m1./s1. The largest absolute Gasteiger partial charge is 0.478 e. The fourth-order valence-electron chi connectivity index (χ4n) is 3.57. The third-order valence-electron chi connectivity index (χ3n) is 4.59. The smallest absolute Gasteiger partial charge is 0.328 e. The fraction of sp³-hybridized carbons (Fsp3) is 0.412. The number of benzene rings is 1. The zero-order valence-corrected chi connectivity index (χ0v) is 15.0. The van der Waals surface area contributed by atoms with E-state index in [1.807, 2.05) is 6.07 Å². The molecule has 1 aliphatic carbocycles. The fourth-order valence-corrected chi connectivity index (χ4v) is 3.86. The maximum atomic E-state index is 13.7. The van der Waals surface area contributed by atoms with E-state index in [9.17, 15) is 18.4 Å². The van der Waals surface area contributed by atoms with Gasteiger partial charge in [-0.05, 0) is 30.2 Å². The molecule has 1 heterocycles. The highest BCUT2D eigenvalue weighted by Crippen LogP contribution is 2.54. The lowest BCUT2D eigenvalue weighted by molar-refractivity contribution is -0.134.